The molecule has 3 unspecified atom stereocenters. The largest absolute Gasteiger partial charge is 0.464 e. The van der Waals surface area contributed by atoms with Gasteiger partial charge in [0.2, 0.25) is 0 Å². The molecule has 0 aromatic heterocycles. The molecule has 1 aliphatic heterocycles. The van der Waals surface area contributed by atoms with Gasteiger partial charge in [0.15, 0.2) is 6.23 Å². The Bertz CT molecular complexity index is 839. The number of aliphatic hydroxyl groups excluding tert-OH is 2. The molecule has 1 heterocycles. The number of fused-ring (bicyclic) bond motifs is 1. The van der Waals surface area contributed by atoms with Gasteiger partial charge in [-0.15, -0.1) is 11.8 Å². The number of esters is 1. The first-order valence-electron chi connectivity index (χ1n) is 8.49. The number of benzene rings is 2. The van der Waals surface area contributed by atoms with Gasteiger partial charge in [-0.1, -0.05) is 30.3 Å². The molecule has 3 atom stereocenters. The summed E-state index contributed by atoms with van der Waals surface area (Å²) in [4.78, 5) is 26.4. The fraction of sp³-hybridized carbons (Fsp3) is 0.300. The first-order valence-corrected chi connectivity index (χ1v) is 9.71. The lowest BCUT2D eigenvalue weighted by Crippen LogP contribution is -2.45. The van der Waals surface area contributed by atoms with Crippen molar-refractivity contribution in [1.82, 2.24) is 4.90 Å². The van der Waals surface area contributed by atoms with Gasteiger partial charge in [-0.3, -0.25) is 14.5 Å². The number of hydrogen-bond donors (Lipinski definition) is 2. The second-order valence-corrected chi connectivity index (χ2v) is 7.14. The highest BCUT2D eigenvalue weighted by molar-refractivity contribution is 7.98. The van der Waals surface area contributed by atoms with E-state index >= 15 is 0 Å². The van der Waals surface area contributed by atoms with Crippen molar-refractivity contribution in [2.24, 2.45) is 0 Å². The molecular formula is C20H21NO5S. The van der Waals surface area contributed by atoms with Gasteiger partial charge in [-0.2, -0.15) is 0 Å². The molecule has 0 fully saturated rings. The van der Waals surface area contributed by atoms with Crippen molar-refractivity contribution in [2.45, 2.75) is 30.2 Å². The maximum Gasteiger partial charge on any atom is 0.302 e. The molecule has 27 heavy (non-hydrogen) atoms. The summed E-state index contributed by atoms with van der Waals surface area (Å²) in [6.07, 6.45) is -0.395. The van der Waals surface area contributed by atoms with Crippen molar-refractivity contribution in [3.63, 3.8) is 0 Å². The second-order valence-electron chi connectivity index (χ2n) is 6.26. The molecule has 2 aromatic rings. The van der Waals surface area contributed by atoms with E-state index in [2.05, 4.69) is 0 Å². The number of carbonyl (C=O) groups is 2. The van der Waals surface area contributed by atoms with Crippen molar-refractivity contribution in [3.8, 4) is 0 Å². The van der Waals surface area contributed by atoms with Crippen LogP contribution < -0.4 is 0 Å². The number of rotatable bonds is 6. The monoisotopic (exact) mass is 387 g/mol. The lowest BCUT2D eigenvalue weighted by molar-refractivity contribution is -0.146. The van der Waals surface area contributed by atoms with Crippen molar-refractivity contribution in [2.75, 3.05) is 12.9 Å². The second kappa shape index (κ2) is 8.12. The molecule has 0 aliphatic carbocycles. The Morgan fingerprint density at radius 2 is 1.89 bits per heavy atom. The van der Waals surface area contributed by atoms with Crippen LogP contribution in [-0.4, -0.2) is 45.9 Å². The maximum atomic E-state index is 12.8. The van der Waals surface area contributed by atoms with Crippen LogP contribution in [0.5, 0.6) is 0 Å². The highest BCUT2D eigenvalue weighted by Gasteiger charge is 2.43. The van der Waals surface area contributed by atoms with Crippen molar-refractivity contribution >= 4 is 23.6 Å². The zero-order valence-corrected chi connectivity index (χ0v) is 15.8. The van der Waals surface area contributed by atoms with Crippen LogP contribution in [0.15, 0.2) is 53.4 Å². The zero-order valence-electron chi connectivity index (χ0n) is 15.0. The molecule has 0 saturated heterocycles. The van der Waals surface area contributed by atoms with E-state index in [1.54, 1.807) is 48.2 Å². The zero-order chi connectivity index (χ0) is 19.6. The van der Waals surface area contributed by atoms with Crippen LogP contribution in [-0.2, 0) is 9.53 Å². The summed E-state index contributed by atoms with van der Waals surface area (Å²) < 4.78 is 5.09. The number of thioether (sulfide) groups is 1. The topological polar surface area (TPSA) is 87.1 Å². The highest BCUT2D eigenvalue weighted by Crippen LogP contribution is 2.36. The van der Waals surface area contributed by atoms with Crippen LogP contribution in [0.1, 0.15) is 40.7 Å². The molecule has 2 N–H and O–H groups in total. The molecule has 0 spiro atoms. The Labute approximate surface area is 161 Å². The Morgan fingerprint density at radius 3 is 2.48 bits per heavy atom. The van der Waals surface area contributed by atoms with Crippen LogP contribution in [0.3, 0.4) is 0 Å². The summed E-state index contributed by atoms with van der Waals surface area (Å²) in [6, 6.07) is 13.1. The van der Waals surface area contributed by atoms with Crippen molar-refractivity contribution in [1.29, 1.82) is 0 Å². The highest BCUT2D eigenvalue weighted by atomic mass is 32.2. The molecule has 2 aromatic carbocycles. The Hall–Kier alpha value is -2.35. The maximum absolute atomic E-state index is 12.8. The fourth-order valence-corrected chi connectivity index (χ4v) is 3.61. The van der Waals surface area contributed by atoms with Gasteiger partial charge in [0, 0.05) is 22.9 Å². The molecule has 7 heteroatoms. The standard InChI is InChI=1S/C20H21NO5S/c1-12(22)26-11-17(18(23)13-7-9-14(27-2)10-8-13)21-19(24)15-5-3-4-6-16(15)20(21)25/h3-10,17-19,23-24H,11H2,1-2H3. The molecular weight excluding hydrogens is 366 g/mol. The first kappa shape index (κ1) is 19.4. The van der Waals surface area contributed by atoms with Crippen LogP contribution in [0.4, 0.5) is 0 Å². The van der Waals surface area contributed by atoms with E-state index in [0.717, 1.165) is 4.90 Å². The first-order chi connectivity index (χ1) is 12.9. The van der Waals surface area contributed by atoms with Crippen LogP contribution >= 0.6 is 11.8 Å². The summed E-state index contributed by atoms with van der Waals surface area (Å²) >= 11 is 1.57. The minimum absolute atomic E-state index is 0.225. The number of carbonyl (C=O) groups excluding carboxylic acids is 2. The van der Waals surface area contributed by atoms with E-state index < -0.39 is 30.3 Å². The van der Waals surface area contributed by atoms with Crippen LogP contribution in [0.25, 0.3) is 0 Å². The van der Waals surface area contributed by atoms with Gasteiger partial charge < -0.3 is 14.9 Å². The smallest absolute Gasteiger partial charge is 0.302 e. The van der Waals surface area contributed by atoms with Gasteiger partial charge in [0.1, 0.15) is 12.7 Å². The predicted octanol–water partition coefficient (Wildman–Crippen LogP) is 2.52. The third-order valence-electron chi connectivity index (χ3n) is 4.60. The van der Waals surface area contributed by atoms with E-state index in [1.807, 2.05) is 18.4 Å². The summed E-state index contributed by atoms with van der Waals surface area (Å²) in [5.74, 6) is -0.932. The van der Waals surface area contributed by atoms with E-state index in [1.165, 1.54) is 11.8 Å². The predicted molar refractivity (Wildman–Crippen MR) is 101 cm³/mol. The number of hydrogen-bond acceptors (Lipinski definition) is 6. The number of nitrogens with zero attached hydrogens (tertiary/aromatic N) is 1. The third-order valence-corrected chi connectivity index (χ3v) is 5.35. The van der Waals surface area contributed by atoms with Gasteiger partial charge in [-0.25, -0.2) is 0 Å². The Morgan fingerprint density at radius 1 is 1.22 bits per heavy atom. The molecule has 3 rings (SSSR count). The van der Waals surface area contributed by atoms with E-state index in [9.17, 15) is 19.8 Å². The summed E-state index contributed by atoms with van der Waals surface area (Å²) in [7, 11) is 0. The molecule has 142 valence electrons. The average molecular weight is 387 g/mol. The molecule has 1 amide bonds. The minimum atomic E-state index is -1.21. The molecule has 6 nitrogen and oxygen atoms in total. The summed E-state index contributed by atoms with van der Waals surface area (Å²) in [5.41, 5.74) is 1.42. The molecule has 0 saturated carbocycles. The number of aliphatic hydroxyl groups is 2. The average Bonchev–Trinajstić information content (AvgIpc) is 2.93. The van der Waals surface area contributed by atoms with Gasteiger partial charge in [0.25, 0.3) is 5.91 Å². The molecule has 0 radical (unpaired) electrons. The Balaban J connectivity index is 1.93. The summed E-state index contributed by atoms with van der Waals surface area (Å²) in [5, 5.41) is 21.6. The number of amides is 1. The fourth-order valence-electron chi connectivity index (χ4n) is 3.20. The normalized spacial score (nSPS) is 18.1. The Kier molecular flexibility index (Phi) is 5.84. The van der Waals surface area contributed by atoms with E-state index in [-0.39, 0.29) is 6.61 Å². The van der Waals surface area contributed by atoms with Gasteiger partial charge in [-0.05, 0) is 30.0 Å². The minimum Gasteiger partial charge on any atom is -0.464 e. The van der Waals surface area contributed by atoms with Crippen molar-refractivity contribution in [3.05, 3.63) is 65.2 Å². The van der Waals surface area contributed by atoms with Crippen LogP contribution in [0, 0.1) is 0 Å². The van der Waals surface area contributed by atoms with E-state index in [4.69, 9.17) is 4.74 Å². The quantitative estimate of drug-likeness (QED) is 0.585. The summed E-state index contributed by atoms with van der Waals surface area (Å²) in [6.45, 7) is 1.03. The van der Waals surface area contributed by atoms with Gasteiger partial charge in [0.05, 0.1) is 6.04 Å². The van der Waals surface area contributed by atoms with Crippen LogP contribution in [0.2, 0.25) is 0 Å². The third kappa shape index (κ3) is 3.85. The number of ether oxygens (including phenoxy) is 1. The lowest BCUT2D eigenvalue weighted by atomic mass is 10.0. The van der Waals surface area contributed by atoms with Gasteiger partial charge >= 0.3 is 5.97 Å². The molecule has 1 aliphatic rings. The van der Waals surface area contributed by atoms with E-state index in [0.29, 0.717) is 16.7 Å². The molecule has 0 bridgehead atoms. The van der Waals surface area contributed by atoms with Crippen molar-refractivity contribution < 1.29 is 24.5 Å². The lowest BCUT2D eigenvalue weighted by Gasteiger charge is -2.34. The SMILES string of the molecule is CSc1ccc(C(O)C(COC(C)=O)N2C(=O)c3ccccc3C2O)cc1.